The normalized spacial score (nSPS) is 12.1. The van der Waals surface area contributed by atoms with Gasteiger partial charge in [0, 0.05) is 0 Å². The zero-order valence-corrected chi connectivity index (χ0v) is 61.6. The van der Waals surface area contributed by atoms with Gasteiger partial charge in [-0.15, -0.1) is 0 Å². The molecule has 0 aromatic rings. The second-order valence-corrected chi connectivity index (χ2v) is 29.7. The van der Waals surface area contributed by atoms with Crippen LogP contribution in [0.5, 0.6) is 0 Å². The molecule has 0 heterocycles. The molecule has 88 heavy (non-hydrogen) atoms. The molecule has 0 spiro atoms. The van der Waals surface area contributed by atoms with Crippen LogP contribution in [0, 0.1) is 0 Å². The standard InChI is InChI=1S/C85H170O3/c1-3-5-7-9-11-13-15-17-19-21-23-25-27-29-31-33-35-37-39-41-43-45-47-49-51-53-55-57-59-61-63-65-67-69-71-73-75-77-79-81-84(88-83-82-85(86)87)80-78-76-74-72-70-68-66-64-62-60-58-56-54-52-50-48-46-44-42-40-38-36-34-32-30-28-26-24-22-20-18-16-14-12-10-8-6-4-2/h84H,3-83H2,1-2H3,(H,86,87). The minimum absolute atomic E-state index is 0.135. The van der Waals surface area contributed by atoms with Crippen LogP contribution in [0.25, 0.3) is 0 Å². The summed E-state index contributed by atoms with van der Waals surface area (Å²) in [6.45, 7) is 5.00. The van der Waals surface area contributed by atoms with E-state index in [1.165, 1.54) is 494 Å². The Morgan fingerprint density at radius 2 is 0.318 bits per heavy atom. The Morgan fingerprint density at radius 3 is 0.432 bits per heavy atom. The van der Waals surface area contributed by atoms with Crippen molar-refractivity contribution >= 4 is 5.97 Å². The Kier molecular flexibility index (Phi) is 82.0. The van der Waals surface area contributed by atoms with E-state index in [0.29, 0.717) is 6.61 Å². The fraction of sp³-hybridized carbons (Fsp3) is 0.988. The summed E-state index contributed by atoms with van der Waals surface area (Å²) in [4.78, 5) is 11.2. The maximum absolute atomic E-state index is 11.2. The maximum atomic E-state index is 11.2. The summed E-state index contributed by atoms with van der Waals surface area (Å²) in [5, 5.41) is 9.17. The molecule has 528 valence electrons. The SMILES string of the molecule is CCCCCCCCCCCCCCCCCCCCCCCCCCCCCCCCCCCCCCCCCC(CCCCCCCCCCCCCCCCCCCCCCCCCCCCCCCCCCCCCCCC)OCCC(=O)O. The lowest BCUT2D eigenvalue weighted by Gasteiger charge is -2.17. The van der Waals surface area contributed by atoms with Gasteiger partial charge in [-0.05, 0) is 12.8 Å². The molecule has 0 saturated heterocycles. The smallest absolute Gasteiger partial charge is 0.305 e. The van der Waals surface area contributed by atoms with Crippen molar-refractivity contribution in [3.8, 4) is 0 Å². The summed E-state index contributed by atoms with van der Waals surface area (Å²) < 4.78 is 6.12. The fourth-order valence-corrected chi connectivity index (χ4v) is 14.4. The van der Waals surface area contributed by atoms with Gasteiger partial charge in [0.05, 0.1) is 19.1 Å². The number of hydrogen-bond donors (Lipinski definition) is 1. The van der Waals surface area contributed by atoms with Crippen LogP contribution in [0.2, 0.25) is 0 Å². The largest absolute Gasteiger partial charge is 0.481 e. The fourth-order valence-electron chi connectivity index (χ4n) is 14.4. The molecule has 0 aromatic carbocycles. The van der Waals surface area contributed by atoms with Crippen molar-refractivity contribution in [2.24, 2.45) is 0 Å². The van der Waals surface area contributed by atoms with E-state index in [2.05, 4.69) is 13.8 Å². The second kappa shape index (κ2) is 82.5. The van der Waals surface area contributed by atoms with E-state index < -0.39 is 5.97 Å². The summed E-state index contributed by atoms with van der Waals surface area (Å²) in [5.74, 6) is -0.738. The van der Waals surface area contributed by atoms with Crippen molar-refractivity contribution in [3.05, 3.63) is 0 Å². The third-order valence-corrected chi connectivity index (χ3v) is 20.7. The molecule has 0 bridgehead atoms. The van der Waals surface area contributed by atoms with E-state index in [-0.39, 0.29) is 12.5 Å². The van der Waals surface area contributed by atoms with E-state index >= 15 is 0 Å². The average molecular weight is 1240 g/mol. The molecule has 3 heteroatoms. The van der Waals surface area contributed by atoms with Crippen molar-refractivity contribution in [1.29, 1.82) is 0 Å². The lowest BCUT2D eigenvalue weighted by Crippen LogP contribution is -2.15. The number of hydrogen-bond acceptors (Lipinski definition) is 2. The Bertz CT molecular complexity index is 1200. The zero-order valence-electron chi connectivity index (χ0n) is 61.6. The number of carboxylic acid groups (broad SMARTS) is 1. The highest BCUT2D eigenvalue weighted by molar-refractivity contribution is 5.66. The summed E-state index contributed by atoms with van der Waals surface area (Å²) >= 11 is 0. The van der Waals surface area contributed by atoms with E-state index in [1.54, 1.807) is 0 Å². The number of rotatable bonds is 83. The highest BCUT2D eigenvalue weighted by Gasteiger charge is 2.11. The lowest BCUT2D eigenvalue weighted by atomic mass is 10.0. The van der Waals surface area contributed by atoms with E-state index in [1.807, 2.05) is 0 Å². The molecule has 0 amide bonds. The monoisotopic (exact) mass is 1240 g/mol. The molecule has 0 aliphatic rings. The molecule has 0 aliphatic heterocycles. The molecule has 0 rings (SSSR count). The van der Waals surface area contributed by atoms with Crippen LogP contribution < -0.4 is 0 Å². The number of carboxylic acids is 1. The van der Waals surface area contributed by atoms with Crippen LogP contribution in [-0.4, -0.2) is 23.8 Å². The van der Waals surface area contributed by atoms with Gasteiger partial charge in [-0.3, -0.25) is 4.79 Å². The van der Waals surface area contributed by atoms with Crippen LogP contribution in [0.4, 0.5) is 0 Å². The molecule has 0 radical (unpaired) electrons. The second-order valence-electron chi connectivity index (χ2n) is 29.7. The van der Waals surface area contributed by atoms with Crippen LogP contribution >= 0.6 is 0 Å². The van der Waals surface area contributed by atoms with E-state index in [0.717, 1.165) is 12.8 Å². The molecule has 3 nitrogen and oxygen atoms in total. The van der Waals surface area contributed by atoms with Gasteiger partial charge in [0.25, 0.3) is 0 Å². The number of unbranched alkanes of at least 4 members (excludes halogenated alkanes) is 75. The Balaban J connectivity index is 3.41. The van der Waals surface area contributed by atoms with Gasteiger partial charge in [0.15, 0.2) is 0 Å². The van der Waals surface area contributed by atoms with Crippen molar-refractivity contribution in [1.82, 2.24) is 0 Å². The Hall–Kier alpha value is -0.570. The predicted molar refractivity (Wildman–Crippen MR) is 398 cm³/mol. The number of ether oxygens (including phenoxy) is 1. The molecule has 0 saturated carbocycles. The summed E-state index contributed by atoms with van der Waals surface area (Å²) in [6, 6.07) is 0. The molecule has 1 unspecified atom stereocenters. The quantitative estimate of drug-likeness (QED) is 0.0618. The first-order chi connectivity index (χ1) is 43.7. The zero-order chi connectivity index (χ0) is 63.1. The summed E-state index contributed by atoms with van der Waals surface area (Å²) in [7, 11) is 0. The molecule has 0 aliphatic carbocycles. The molecule has 1 N–H and O–H groups in total. The van der Waals surface area contributed by atoms with E-state index in [4.69, 9.17) is 4.74 Å². The van der Waals surface area contributed by atoms with Gasteiger partial charge in [-0.2, -0.15) is 0 Å². The van der Waals surface area contributed by atoms with Crippen LogP contribution in [0.15, 0.2) is 0 Å². The first kappa shape index (κ1) is 87.4. The molecular formula is C85H170O3. The molecular weight excluding hydrogens is 1070 g/mol. The van der Waals surface area contributed by atoms with Crippen molar-refractivity contribution in [2.75, 3.05) is 6.61 Å². The molecule has 1 atom stereocenters. The predicted octanol–water partition coefficient (Wildman–Crippen LogP) is 31.7. The van der Waals surface area contributed by atoms with Crippen molar-refractivity contribution < 1.29 is 14.6 Å². The van der Waals surface area contributed by atoms with Gasteiger partial charge >= 0.3 is 5.97 Å². The molecule has 0 aromatic heterocycles. The van der Waals surface area contributed by atoms with Crippen LogP contribution in [-0.2, 0) is 9.53 Å². The van der Waals surface area contributed by atoms with E-state index in [9.17, 15) is 9.90 Å². The van der Waals surface area contributed by atoms with Gasteiger partial charge in [0.2, 0.25) is 0 Å². The Morgan fingerprint density at radius 1 is 0.205 bits per heavy atom. The average Bonchev–Trinajstić information content (AvgIpc) is 3.53. The summed E-state index contributed by atoms with van der Waals surface area (Å²) in [5.41, 5.74) is 0. The van der Waals surface area contributed by atoms with Crippen molar-refractivity contribution in [2.45, 2.75) is 534 Å². The van der Waals surface area contributed by atoms with Gasteiger partial charge in [-0.25, -0.2) is 0 Å². The minimum atomic E-state index is -0.738. The van der Waals surface area contributed by atoms with Gasteiger partial charge in [0.1, 0.15) is 0 Å². The van der Waals surface area contributed by atoms with Crippen LogP contribution in [0.1, 0.15) is 528 Å². The highest BCUT2D eigenvalue weighted by Crippen LogP contribution is 2.23. The minimum Gasteiger partial charge on any atom is -0.481 e. The first-order valence-electron chi connectivity index (χ1n) is 42.5. The molecule has 0 fully saturated rings. The third kappa shape index (κ3) is 81.5. The topological polar surface area (TPSA) is 46.5 Å². The summed E-state index contributed by atoms with van der Waals surface area (Å²) in [6.07, 6.45) is 114. The maximum Gasteiger partial charge on any atom is 0.305 e. The van der Waals surface area contributed by atoms with Crippen molar-refractivity contribution in [3.63, 3.8) is 0 Å². The first-order valence-corrected chi connectivity index (χ1v) is 42.5. The van der Waals surface area contributed by atoms with Gasteiger partial charge in [-0.1, -0.05) is 508 Å². The van der Waals surface area contributed by atoms with Gasteiger partial charge < -0.3 is 9.84 Å². The lowest BCUT2D eigenvalue weighted by molar-refractivity contribution is -0.138. The number of carbonyl (C=O) groups is 1. The Labute approximate surface area is 557 Å². The third-order valence-electron chi connectivity index (χ3n) is 20.7. The highest BCUT2D eigenvalue weighted by atomic mass is 16.5. The number of aliphatic carboxylic acids is 1. The van der Waals surface area contributed by atoms with Crippen LogP contribution in [0.3, 0.4) is 0 Å².